The third-order valence-corrected chi connectivity index (χ3v) is 2.97. The molecule has 0 atom stereocenters. The van der Waals surface area contributed by atoms with Crippen LogP contribution >= 0.6 is 0 Å². The van der Waals surface area contributed by atoms with Crippen LogP contribution in [0.25, 0.3) is 0 Å². The van der Waals surface area contributed by atoms with E-state index in [4.69, 9.17) is 15.2 Å². The van der Waals surface area contributed by atoms with Crippen molar-refractivity contribution in [2.75, 3.05) is 17.8 Å². The minimum absolute atomic E-state index is 0.161. The molecule has 0 fully saturated rings. The number of nitrogens with two attached hydrogens (primary N) is 1. The van der Waals surface area contributed by atoms with Crippen molar-refractivity contribution in [3.05, 3.63) is 41.7 Å². The van der Waals surface area contributed by atoms with E-state index in [0.29, 0.717) is 28.4 Å². The van der Waals surface area contributed by atoms with Crippen LogP contribution in [0.2, 0.25) is 0 Å². The highest BCUT2D eigenvalue weighted by Crippen LogP contribution is 2.38. The number of carbonyl (C=O) groups excluding carboxylic acids is 1. The first-order valence-electron chi connectivity index (χ1n) is 6.06. The van der Waals surface area contributed by atoms with E-state index in [1.54, 1.807) is 24.3 Å². The van der Waals surface area contributed by atoms with Gasteiger partial charge in [0.25, 0.3) is 5.91 Å². The Morgan fingerprint density at radius 1 is 1.30 bits per heavy atom. The summed E-state index contributed by atoms with van der Waals surface area (Å²) in [7, 11) is 0. The quantitative estimate of drug-likeness (QED) is 0.815. The molecule has 2 aromatic rings. The Hall–Kier alpha value is -2.76. The maximum absolute atomic E-state index is 12.1. The van der Waals surface area contributed by atoms with Gasteiger partial charge in [-0.15, -0.1) is 0 Å². The second kappa shape index (κ2) is 4.73. The number of rotatable bonds is 2. The number of benzene rings is 1. The monoisotopic (exact) mass is 271 g/mol. The summed E-state index contributed by atoms with van der Waals surface area (Å²) in [5, 5.41) is 2.74. The lowest BCUT2D eigenvalue weighted by Crippen LogP contribution is -2.13. The van der Waals surface area contributed by atoms with E-state index < -0.39 is 0 Å². The van der Waals surface area contributed by atoms with Crippen LogP contribution in [0.1, 0.15) is 16.1 Å². The van der Waals surface area contributed by atoms with E-state index in [1.807, 2.05) is 6.92 Å². The Kier molecular flexibility index (Phi) is 2.90. The Balaban J connectivity index is 1.84. The third kappa shape index (κ3) is 2.23. The van der Waals surface area contributed by atoms with Gasteiger partial charge in [-0.05, 0) is 19.1 Å². The average Bonchev–Trinajstić information content (AvgIpc) is 2.87. The molecule has 0 radical (unpaired) electrons. The molecule has 6 nitrogen and oxygen atoms in total. The van der Waals surface area contributed by atoms with E-state index in [9.17, 15) is 4.79 Å². The van der Waals surface area contributed by atoms with Crippen molar-refractivity contribution in [2.24, 2.45) is 0 Å². The Labute approximate surface area is 115 Å². The van der Waals surface area contributed by atoms with Crippen LogP contribution in [0, 0.1) is 6.92 Å². The van der Waals surface area contributed by atoms with Crippen LogP contribution in [0.5, 0.6) is 11.5 Å². The lowest BCUT2D eigenvalue weighted by molar-refractivity contribution is 0.102. The minimum atomic E-state index is -0.275. The Morgan fingerprint density at radius 2 is 2.05 bits per heavy atom. The zero-order valence-electron chi connectivity index (χ0n) is 10.8. The van der Waals surface area contributed by atoms with Crippen LogP contribution in [0.3, 0.4) is 0 Å². The van der Waals surface area contributed by atoms with Crippen molar-refractivity contribution in [1.29, 1.82) is 0 Å². The van der Waals surface area contributed by atoms with Gasteiger partial charge in [0.05, 0.1) is 16.9 Å². The van der Waals surface area contributed by atoms with Crippen LogP contribution in [0.15, 0.2) is 30.5 Å². The summed E-state index contributed by atoms with van der Waals surface area (Å²) < 4.78 is 10.5. The summed E-state index contributed by atoms with van der Waals surface area (Å²) in [5.74, 6) is 0.872. The molecule has 1 aliphatic rings. The first-order valence-corrected chi connectivity index (χ1v) is 6.06. The van der Waals surface area contributed by atoms with E-state index in [0.717, 1.165) is 5.69 Å². The summed E-state index contributed by atoms with van der Waals surface area (Å²) in [5.41, 5.74) is 8.10. The van der Waals surface area contributed by atoms with E-state index >= 15 is 0 Å². The fourth-order valence-electron chi connectivity index (χ4n) is 1.86. The van der Waals surface area contributed by atoms with Crippen LogP contribution < -0.4 is 20.5 Å². The number of fused-ring (bicyclic) bond motifs is 1. The number of nitrogen functional groups attached to an aromatic ring is 1. The maximum atomic E-state index is 12.1. The van der Waals surface area contributed by atoms with Gasteiger partial charge in [-0.25, -0.2) is 0 Å². The number of hydrogen-bond donors (Lipinski definition) is 2. The largest absolute Gasteiger partial charge is 0.454 e. The second-order valence-electron chi connectivity index (χ2n) is 4.44. The molecule has 0 saturated carbocycles. The molecular weight excluding hydrogens is 258 g/mol. The van der Waals surface area contributed by atoms with Gasteiger partial charge in [0.15, 0.2) is 11.5 Å². The molecule has 20 heavy (non-hydrogen) atoms. The fourth-order valence-corrected chi connectivity index (χ4v) is 1.86. The first kappa shape index (κ1) is 12.3. The number of pyridine rings is 1. The minimum Gasteiger partial charge on any atom is -0.454 e. The van der Waals surface area contributed by atoms with Crippen molar-refractivity contribution in [2.45, 2.75) is 6.92 Å². The number of ether oxygens (including phenoxy) is 2. The maximum Gasteiger partial charge on any atom is 0.257 e. The highest BCUT2D eigenvalue weighted by molar-refractivity contribution is 6.05. The van der Waals surface area contributed by atoms with E-state index in [2.05, 4.69) is 10.3 Å². The fraction of sp³-hybridized carbons (Fsp3) is 0.143. The zero-order chi connectivity index (χ0) is 14.1. The number of nitrogens with zero attached hydrogens (tertiary/aromatic N) is 1. The predicted octanol–water partition coefficient (Wildman–Crippen LogP) is 1.95. The van der Waals surface area contributed by atoms with Crippen LogP contribution in [-0.4, -0.2) is 17.7 Å². The molecule has 0 aliphatic carbocycles. The van der Waals surface area contributed by atoms with E-state index in [-0.39, 0.29) is 12.7 Å². The molecule has 0 bridgehead atoms. The topological polar surface area (TPSA) is 86.5 Å². The number of nitrogens with one attached hydrogen (secondary N) is 1. The third-order valence-electron chi connectivity index (χ3n) is 2.97. The summed E-state index contributed by atoms with van der Waals surface area (Å²) in [6.45, 7) is 2.02. The molecule has 0 saturated heterocycles. The van der Waals surface area contributed by atoms with Gasteiger partial charge in [0, 0.05) is 24.0 Å². The Morgan fingerprint density at radius 3 is 2.75 bits per heavy atom. The molecule has 1 aromatic carbocycles. The number of anilines is 2. The average molecular weight is 271 g/mol. The Bertz CT molecular complexity index is 668. The number of aromatic nitrogens is 1. The number of hydrogen-bond acceptors (Lipinski definition) is 5. The lowest BCUT2D eigenvalue weighted by Gasteiger charge is -2.09. The molecular formula is C14H13N3O3. The van der Waals surface area contributed by atoms with Gasteiger partial charge in [-0.3, -0.25) is 9.78 Å². The SMILES string of the molecule is Cc1ccc(C(=O)Nc2cc3c(cc2N)OCO3)cn1. The molecule has 0 unspecified atom stereocenters. The van der Waals surface area contributed by atoms with Gasteiger partial charge >= 0.3 is 0 Å². The normalized spacial score (nSPS) is 12.2. The molecule has 0 spiro atoms. The van der Waals surface area contributed by atoms with Crippen molar-refractivity contribution >= 4 is 17.3 Å². The summed E-state index contributed by atoms with van der Waals surface area (Å²) >= 11 is 0. The lowest BCUT2D eigenvalue weighted by atomic mass is 10.2. The van der Waals surface area contributed by atoms with Crippen molar-refractivity contribution in [3.8, 4) is 11.5 Å². The van der Waals surface area contributed by atoms with Gasteiger partial charge in [0.2, 0.25) is 6.79 Å². The summed E-state index contributed by atoms with van der Waals surface area (Å²) in [6.07, 6.45) is 1.52. The molecule has 3 N–H and O–H groups in total. The number of aryl methyl sites for hydroxylation is 1. The molecule has 6 heteroatoms. The summed E-state index contributed by atoms with van der Waals surface area (Å²) in [4.78, 5) is 16.2. The predicted molar refractivity (Wildman–Crippen MR) is 73.9 cm³/mol. The van der Waals surface area contributed by atoms with Crippen LogP contribution in [0.4, 0.5) is 11.4 Å². The van der Waals surface area contributed by atoms with Gasteiger partial charge in [-0.2, -0.15) is 0 Å². The smallest absolute Gasteiger partial charge is 0.257 e. The van der Waals surface area contributed by atoms with Crippen molar-refractivity contribution in [3.63, 3.8) is 0 Å². The van der Waals surface area contributed by atoms with Crippen molar-refractivity contribution in [1.82, 2.24) is 4.98 Å². The number of amides is 1. The van der Waals surface area contributed by atoms with Gasteiger partial charge in [-0.1, -0.05) is 0 Å². The highest BCUT2D eigenvalue weighted by Gasteiger charge is 2.17. The molecule has 2 heterocycles. The molecule has 1 amide bonds. The first-order chi connectivity index (χ1) is 9.63. The molecule has 1 aliphatic heterocycles. The second-order valence-corrected chi connectivity index (χ2v) is 4.44. The zero-order valence-corrected chi connectivity index (χ0v) is 10.8. The van der Waals surface area contributed by atoms with Crippen molar-refractivity contribution < 1.29 is 14.3 Å². The van der Waals surface area contributed by atoms with E-state index in [1.165, 1.54) is 6.20 Å². The molecule has 1 aromatic heterocycles. The molecule has 3 rings (SSSR count). The molecule has 102 valence electrons. The van der Waals surface area contributed by atoms with Gasteiger partial charge < -0.3 is 20.5 Å². The summed E-state index contributed by atoms with van der Waals surface area (Å²) in [6, 6.07) is 6.77. The van der Waals surface area contributed by atoms with Crippen LogP contribution in [-0.2, 0) is 0 Å². The number of carbonyl (C=O) groups is 1. The standard InChI is InChI=1S/C14H13N3O3/c1-8-2-3-9(6-16-8)14(18)17-11-5-13-12(4-10(11)15)19-7-20-13/h2-6H,7,15H2,1H3,(H,17,18). The van der Waals surface area contributed by atoms with Gasteiger partial charge in [0.1, 0.15) is 0 Å². The highest BCUT2D eigenvalue weighted by atomic mass is 16.7.